The van der Waals surface area contributed by atoms with Gasteiger partial charge in [0.2, 0.25) is 5.28 Å². The van der Waals surface area contributed by atoms with E-state index in [1.54, 1.807) is 18.5 Å². The molecule has 0 N–H and O–H groups in total. The minimum atomic E-state index is 0.0789. The summed E-state index contributed by atoms with van der Waals surface area (Å²) in [6, 6.07) is 1.98. The SMILES string of the molecule is CCOc1cncc(-c2nc(Cl)nc(OCC)n2)c1. The monoisotopic (exact) mass is 280 g/mol. The number of halogens is 1. The van der Waals surface area contributed by atoms with Gasteiger partial charge < -0.3 is 9.47 Å². The largest absolute Gasteiger partial charge is 0.492 e. The second kappa shape index (κ2) is 6.29. The van der Waals surface area contributed by atoms with Gasteiger partial charge in [-0.25, -0.2) is 0 Å². The number of rotatable bonds is 5. The minimum absolute atomic E-state index is 0.0789. The fourth-order valence-corrected chi connectivity index (χ4v) is 1.59. The third-order valence-corrected chi connectivity index (χ3v) is 2.31. The van der Waals surface area contributed by atoms with Crippen LogP contribution in [0.1, 0.15) is 13.8 Å². The highest BCUT2D eigenvalue weighted by Gasteiger charge is 2.09. The van der Waals surface area contributed by atoms with Gasteiger partial charge in [0, 0.05) is 11.8 Å². The van der Waals surface area contributed by atoms with E-state index in [-0.39, 0.29) is 11.3 Å². The maximum Gasteiger partial charge on any atom is 0.321 e. The quantitative estimate of drug-likeness (QED) is 0.837. The lowest BCUT2D eigenvalue weighted by Crippen LogP contribution is -2.01. The van der Waals surface area contributed by atoms with E-state index in [0.717, 1.165) is 0 Å². The predicted octanol–water partition coefficient (Wildman–Crippen LogP) is 2.38. The van der Waals surface area contributed by atoms with Crippen LogP contribution in [0.25, 0.3) is 11.4 Å². The number of ether oxygens (including phenoxy) is 2. The average Bonchev–Trinajstić information content (AvgIpc) is 2.39. The van der Waals surface area contributed by atoms with Crippen molar-refractivity contribution in [1.29, 1.82) is 0 Å². The predicted molar refractivity (Wildman–Crippen MR) is 70.4 cm³/mol. The molecule has 2 rings (SSSR count). The second-order valence-corrected chi connectivity index (χ2v) is 3.82. The zero-order valence-electron chi connectivity index (χ0n) is 10.6. The van der Waals surface area contributed by atoms with Crippen molar-refractivity contribution in [3.05, 3.63) is 23.7 Å². The van der Waals surface area contributed by atoms with Gasteiger partial charge >= 0.3 is 6.01 Å². The van der Waals surface area contributed by atoms with Crippen LogP contribution in [0, 0.1) is 0 Å². The molecule has 2 aromatic heterocycles. The number of pyridine rings is 1. The summed E-state index contributed by atoms with van der Waals surface area (Å²) in [4.78, 5) is 16.2. The first kappa shape index (κ1) is 13.5. The van der Waals surface area contributed by atoms with Gasteiger partial charge in [-0.05, 0) is 31.5 Å². The number of aromatic nitrogens is 4. The fourth-order valence-electron chi connectivity index (χ4n) is 1.44. The molecule has 7 heteroatoms. The maximum absolute atomic E-state index is 5.84. The van der Waals surface area contributed by atoms with Crippen molar-refractivity contribution >= 4 is 11.6 Å². The molecule has 6 nitrogen and oxygen atoms in total. The Balaban J connectivity index is 2.37. The van der Waals surface area contributed by atoms with Gasteiger partial charge in [0.05, 0.1) is 19.4 Å². The summed E-state index contributed by atoms with van der Waals surface area (Å²) in [5, 5.41) is 0.0789. The van der Waals surface area contributed by atoms with Crippen LogP contribution in [0.15, 0.2) is 18.5 Å². The first-order valence-corrected chi connectivity index (χ1v) is 6.23. The van der Waals surface area contributed by atoms with Crippen molar-refractivity contribution < 1.29 is 9.47 Å². The molecule has 0 saturated heterocycles. The molecule has 0 spiro atoms. The summed E-state index contributed by atoms with van der Waals surface area (Å²) >= 11 is 5.84. The Morgan fingerprint density at radius 1 is 1.05 bits per heavy atom. The lowest BCUT2D eigenvalue weighted by molar-refractivity contribution is 0.312. The van der Waals surface area contributed by atoms with Gasteiger partial charge in [0.15, 0.2) is 5.82 Å². The molecule has 2 aromatic rings. The van der Waals surface area contributed by atoms with Gasteiger partial charge in [-0.3, -0.25) is 4.98 Å². The standard InChI is InChI=1S/C12H13ClN4O2/c1-3-18-9-5-8(6-14-7-9)10-15-11(13)17-12(16-10)19-4-2/h5-7H,3-4H2,1-2H3. The van der Waals surface area contributed by atoms with E-state index in [4.69, 9.17) is 21.1 Å². The van der Waals surface area contributed by atoms with Crippen LogP contribution >= 0.6 is 11.6 Å². The molecule has 19 heavy (non-hydrogen) atoms. The lowest BCUT2D eigenvalue weighted by Gasteiger charge is -2.06. The van der Waals surface area contributed by atoms with E-state index >= 15 is 0 Å². The highest BCUT2D eigenvalue weighted by atomic mass is 35.5. The summed E-state index contributed by atoms with van der Waals surface area (Å²) in [6.07, 6.45) is 3.25. The molecule has 0 aliphatic heterocycles. The molecule has 2 heterocycles. The maximum atomic E-state index is 5.84. The fraction of sp³-hybridized carbons (Fsp3) is 0.333. The van der Waals surface area contributed by atoms with E-state index in [9.17, 15) is 0 Å². The normalized spacial score (nSPS) is 10.3. The zero-order chi connectivity index (χ0) is 13.7. The van der Waals surface area contributed by atoms with Crippen LogP contribution in [-0.2, 0) is 0 Å². The van der Waals surface area contributed by atoms with Crippen LogP contribution in [-0.4, -0.2) is 33.1 Å². The van der Waals surface area contributed by atoms with Crippen molar-refractivity contribution in [2.45, 2.75) is 13.8 Å². The van der Waals surface area contributed by atoms with E-state index in [0.29, 0.717) is 30.4 Å². The molecule has 0 aromatic carbocycles. The Kier molecular flexibility index (Phi) is 4.46. The Bertz CT molecular complexity index is 565. The van der Waals surface area contributed by atoms with Crippen molar-refractivity contribution in [2.75, 3.05) is 13.2 Å². The Hall–Kier alpha value is -1.95. The van der Waals surface area contributed by atoms with E-state index < -0.39 is 0 Å². The topological polar surface area (TPSA) is 70.0 Å². The first-order valence-electron chi connectivity index (χ1n) is 5.85. The van der Waals surface area contributed by atoms with E-state index in [2.05, 4.69) is 19.9 Å². The molecule has 0 fully saturated rings. The summed E-state index contributed by atoms with van der Waals surface area (Å²) in [5.74, 6) is 1.05. The molecule has 0 atom stereocenters. The molecule has 0 aliphatic carbocycles. The molecule has 0 unspecified atom stereocenters. The lowest BCUT2D eigenvalue weighted by atomic mass is 10.2. The molecule has 0 radical (unpaired) electrons. The molecule has 0 aliphatic rings. The number of hydrogen-bond acceptors (Lipinski definition) is 6. The van der Waals surface area contributed by atoms with Crippen LogP contribution in [0.4, 0.5) is 0 Å². The molecule has 0 bridgehead atoms. The molecular weight excluding hydrogens is 268 g/mol. The first-order chi connectivity index (χ1) is 9.22. The van der Waals surface area contributed by atoms with Crippen LogP contribution < -0.4 is 9.47 Å². The molecule has 100 valence electrons. The smallest absolute Gasteiger partial charge is 0.321 e. The molecule has 0 amide bonds. The second-order valence-electron chi connectivity index (χ2n) is 3.49. The molecule has 0 saturated carbocycles. The van der Waals surface area contributed by atoms with Crippen molar-refractivity contribution in [1.82, 2.24) is 19.9 Å². The van der Waals surface area contributed by atoms with Gasteiger partial charge in [0.25, 0.3) is 0 Å². The minimum Gasteiger partial charge on any atom is -0.492 e. The van der Waals surface area contributed by atoms with Crippen molar-refractivity contribution in [3.8, 4) is 23.1 Å². The van der Waals surface area contributed by atoms with Crippen LogP contribution in [0.2, 0.25) is 5.28 Å². The van der Waals surface area contributed by atoms with Crippen LogP contribution in [0.5, 0.6) is 11.8 Å². The van der Waals surface area contributed by atoms with Gasteiger partial charge in [-0.2, -0.15) is 15.0 Å². The number of nitrogens with zero attached hydrogens (tertiary/aromatic N) is 4. The summed E-state index contributed by atoms with van der Waals surface area (Å²) in [6.45, 7) is 4.76. The van der Waals surface area contributed by atoms with E-state index in [1.807, 2.05) is 13.8 Å². The molecular formula is C12H13ClN4O2. The summed E-state index contributed by atoms with van der Waals surface area (Å²) < 4.78 is 10.6. The number of hydrogen-bond donors (Lipinski definition) is 0. The average molecular weight is 281 g/mol. The summed E-state index contributed by atoms with van der Waals surface area (Å²) in [7, 11) is 0. The van der Waals surface area contributed by atoms with Crippen molar-refractivity contribution in [2.24, 2.45) is 0 Å². The van der Waals surface area contributed by atoms with E-state index in [1.165, 1.54) is 0 Å². The van der Waals surface area contributed by atoms with Gasteiger partial charge in [-0.1, -0.05) is 0 Å². The summed E-state index contributed by atoms with van der Waals surface area (Å²) in [5.41, 5.74) is 0.691. The zero-order valence-corrected chi connectivity index (χ0v) is 11.4. The van der Waals surface area contributed by atoms with Gasteiger partial charge in [-0.15, -0.1) is 0 Å². The highest BCUT2D eigenvalue weighted by Crippen LogP contribution is 2.21. The third kappa shape index (κ3) is 3.51. The highest BCUT2D eigenvalue weighted by molar-refractivity contribution is 6.28. The van der Waals surface area contributed by atoms with Crippen molar-refractivity contribution in [3.63, 3.8) is 0 Å². The Morgan fingerprint density at radius 2 is 1.84 bits per heavy atom. The Labute approximate surface area is 115 Å². The Morgan fingerprint density at radius 3 is 2.58 bits per heavy atom. The van der Waals surface area contributed by atoms with Crippen LogP contribution in [0.3, 0.4) is 0 Å². The third-order valence-electron chi connectivity index (χ3n) is 2.14. The van der Waals surface area contributed by atoms with Gasteiger partial charge in [0.1, 0.15) is 5.75 Å².